The van der Waals surface area contributed by atoms with E-state index in [0.717, 1.165) is 5.69 Å². The van der Waals surface area contributed by atoms with Crippen molar-refractivity contribution in [3.05, 3.63) is 42.2 Å². The number of ether oxygens (including phenoxy) is 1. The fourth-order valence-corrected chi connectivity index (χ4v) is 4.62. The molecule has 8 nitrogen and oxygen atoms in total. The van der Waals surface area contributed by atoms with Crippen molar-refractivity contribution in [3.63, 3.8) is 0 Å². The number of piperazine rings is 1. The van der Waals surface area contributed by atoms with Gasteiger partial charge in [-0.2, -0.15) is 9.40 Å². The molecular formula is C18H24N4O4S. The average molecular weight is 392 g/mol. The van der Waals surface area contributed by atoms with E-state index < -0.39 is 16.1 Å². The maximum absolute atomic E-state index is 12.8. The molecule has 146 valence electrons. The van der Waals surface area contributed by atoms with Crippen LogP contribution in [-0.2, 0) is 14.8 Å². The summed E-state index contributed by atoms with van der Waals surface area (Å²) in [6.07, 6.45) is 1.67. The molecular weight excluding hydrogens is 368 g/mol. The maximum Gasteiger partial charge on any atom is 0.247 e. The quantitative estimate of drug-likeness (QED) is 0.766. The number of benzene rings is 1. The third-order valence-electron chi connectivity index (χ3n) is 4.84. The summed E-state index contributed by atoms with van der Waals surface area (Å²) in [5, 5.41) is 4.19. The summed E-state index contributed by atoms with van der Waals surface area (Å²) in [5.74, 6) is 0.551. The minimum Gasteiger partial charge on any atom is -0.497 e. The predicted molar refractivity (Wildman–Crippen MR) is 100 cm³/mol. The molecule has 3 rings (SSSR count). The van der Waals surface area contributed by atoms with Crippen molar-refractivity contribution in [1.82, 2.24) is 19.0 Å². The Kier molecular flexibility index (Phi) is 5.52. The molecule has 1 aliphatic rings. The molecule has 0 spiro atoms. The Morgan fingerprint density at radius 3 is 2.26 bits per heavy atom. The molecule has 1 aromatic carbocycles. The lowest BCUT2D eigenvalue weighted by Crippen LogP contribution is -2.51. The number of aryl methyl sites for hydroxylation is 1. The first-order valence-electron chi connectivity index (χ1n) is 8.77. The van der Waals surface area contributed by atoms with Crippen molar-refractivity contribution in [2.45, 2.75) is 24.8 Å². The first-order valence-corrected chi connectivity index (χ1v) is 10.2. The van der Waals surface area contributed by atoms with E-state index in [-0.39, 0.29) is 23.9 Å². The molecule has 1 fully saturated rings. The summed E-state index contributed by atoms with van der Waals surface area (Å²) in [7, 11) is -2.05. The zero-order valence-corrected chi connectivity index (χ0v) is 16.5. The summed E-state index contributed by atoms with van der Waals surface area (Å²) >= 11 is 0. The standard InChI is InChI=1S/C18H24N4O4S/c1-14-8-9-19-22(14)15(2)18(23)20-10-12-21(13-11-20)27(24,25)17-6-4-16(26-3)5-7-17/h4-9,15H,10-13H2,1-3H3/t15-/m1/s1. The van der Waals surface area contributed by atoms with Gasteiger partial charge in [0.05, 0.1) is 12.0 Å². The Morgan fingerprint density at radius 1 is 1.11 bits per heavy atom. The van der Waals surface area contributed by atoms with Gasteiger partial charge in [-0.1, -0.05) is 0 Å². The van der Waals surface area contributed by atoms with E-state index in [2.05, 4.69) is 5.10 Å². The van der Waals surface area contributed by atoms with Gasteiger partial charge in [-0.25, -0.2) is 8.42 Å². The van der Waals surface area contributed by atoms with Gasteiger partial charge in [0.2, 0.25) is 15.9 Å². The molecule has 0 aliphatic carbocycles. The molecule has 0 N–H and O–H groups in total. The summed E-state index contributed by atoms with van der Waals surface area (Å²) < 4.78 is 33.8. The second-order valence-corrected chi connectivity index (χ2v) is 8.44. The van der Waals surface area contributed by atoms with Crippen LogP contribution in [-0.4, -0.2) is 66.6 Å². The third kappa shape index (κ3) is 3.84. The molecule has 1 aromatic heterocycles. The molecule has 1 atom stereocenters. The predicted octanol–water partition coefficient (Wildman–Crippen LogP) is 1.29. The zero-order chi connectivity index (χ0) is 19.6. The second kappa shape index (κ2) is 7.69. The summed E-state index contributed by atoms with van der Waals surface area (Å²) in [6.45, 7) is 4.96. The smallest absolute Gasteiger partial charge is 0.247 e. The molecule has 0 bridgehead atoms. The molecule has 1 saturated heterocycles. The van der Waals surface area contributed by atoms with Gasteiger partial charge in [-0.3, -0.25) is 9.48 Å². The number of rotatable bonds is 5. The van der Waals surface area contributed by atoms with Crippen molar-refractivity contribution in [2.24, 2.45) is 0 Å². The van der Waals surface area contributed by atoms with Crippen molar-refractivity contribution >= 4 is 15.9 Å². The van der Waals surface area contributed by atoms with Crippen LogP contribution in [0.25, 0.3) is 0 Å². The highest BCUT2D eigenvalue weighted by atomic mass is 32.2. The topological polar surface area (TPSA) is 84.7 Å². The Morgan fingerprint density at radius 2 is 1.74 bits per heavy atom. The van der Waals surface area contributed by atoms with Crippen LogP contribution in [0.4, 0.5) is 0 Å². The Hall–Kier alpha value is -2.39. The van der Waals surface area contributed by atoms with Crippen molar-refractivity contribution < 1.29 is 17.9 Å². The SMILES string of the molecule is COc1ccc(S(=O)(=O)N2CCN(C(=O)[C@@H](C)n3nccc3C)CC2)cc1. The molecule has 2 heterocycles. The lowest BCUT2D eigenvalue weighted by molar-refractivity contribution is -0.135. The fourth-order valence-electron chi connectivity index (χ4n) is 3.20. The number of hydrogen-bond acceptors (Lipinski definition) is 5. The van der Waals surface area contributed by atoms with E-state index in [1.165, 1.54) is 23.5 Å². The van der Waals surface area contributed by atoms with Crippen LogP contribution in [0.1, 0.15) is 18.7 Å². The first kappa shape index (κ1) is 19.4. The highest BCUT2D eigenvalue weighted by Crippen LogP contribution is 2.21. The van der Waals surface area contributed by atoms with Crippen LogP contribution >= 0.6 is 0 Å². The number of nitrogens with zero attached hydrogens (tertiary/aromatic N) is 4. The monoisotopic (exact) mass is 392 g/mol. The Balaban J connectivity index is 1.65. The molecule has 0 unspecified atom stereocenters. The highest BCUT2D eigenvalue weighted by Gasteiger charge is 2.32. The van der Waals surface area contributed by atoms with Gasteiger partial charge >= 0.3 is 0 Å². The van der Waals surface area contributed by atoms with Gasteiger partial charge < -0.3 is 9.64 Å². The van der Waals surface area contributed by atoms with E-state index >= 15 is 0 Å². The minimum absolute atomic E-state index is 0.0525. The molecule has 9 heteroatoms. The number of carbonyl (C=O) groups is 1. The molecule has 2 aromatic rings. The Bertz CT molecular complexity index is 900. The van der Waals surface area contributed by atoms with E-state index in [4.69, 9.17) is 4.74 Å². The third-order valence-corrected chi connectivity index (χ3v) is 6.75. The summed E-state index contributed by atoms with van der Waals surface area (Å²) in [6, 6.07) is 7.76. The van der Waals surface area contributed by atoms with Crippen LogP contribution < -0.4 is 4.74 Å². The lowest BCUT2D eigenvalue weighted by atomic mass is 10.2. The number of hydrogen-bond donors (Lipinski definition) is 0. The summed E-state index contributed by atoms with van der Waals surface area (Å²) in [4.78, 5) is 14.7. The lowest BCUT2D eigenvalue weighted by Gasteiger charge is -2.35. The normalized spacial score (nSPS) is 16.9. The van der Waals surface area contributed by atoms with E-state index in [1.807, 2.05) is 19.9 Å². The van der Waals surface area contributed by atoms with Crippen molar-refractivity contribution in [1.29, 1.82) is 0 Å². The van der Waals surface area contributed by atoms with Crippen molar-refractivity contribution in [2.75, 3.05) is 33.3 Å². The Labute approximate surface area is 159 Å². The van der Waals surface area contributed by atoms with Crippen LogP contribution in [0.3, 0.4) is 0 Å². The van der Waals surface area contributed by atoms with Gasteiger partial charge in [0.1, 0.15) is 11.8 Å². The van der Waals surface area contributed by atoms with E-state index in [0.29, 0.717) is 18.8 Å². The molecule has 27 heavy (non-hydrogen) atoms. The number of methoxy groups -OCH3 is 1. The van der Waals surface area contributed by atoms with Gasteiger partial charge in [0.15, 0.2) is 0 Å². The summed E-state index contributed by atoms with van der Waals surface area (Å²) in [5.41, 5.74) is 0.913. The number of amides is 1. The van der Waals surface area contributed by atoms with Gasteiger partial charge in [-0.05, 0) is 44.2 Å². The minimum atomic E-state index is -3.58. The number of sulfonamides is 1. The zero-order valence-electron chi connectivity index (χ0n) is 15.7. The number of carbonyl (C=O) groups excluding carboxylic acids is 1. The maximum atomic E-state index is 12.8. The average Bonchev–Trinajstić information content (AvgIpc) is 3.12. The molecule has 1 amide bonds. The van der Waals surface area contributed by atoms with Crippen LogP contribution in [0.5, 0.6) is 5.75 Å². The van der Waals surface area contributed by atoms with Gasteiger partial charge in [0, 0.05) is 38.1 Å². The number of aromatic nitrogens is 2. The van der Waals surface area contributed by atoms with Gasteiger partial charge in [0.25, 0.3) is 0 Å². The van der Waals surface area contributed by atoms with Crippen molar-refractivity contribution in [3.8, 4) is 5.75 Å². The fraction of sp³-hybridized carbons (Fsp3) is 0.444. The first-order chi connectivity index (χ1) is 12.8. The van der Waals surface area contributed by atoms with Crippen LogP contribution in [0.15, 0.2) is 41.4 Å². The molecule has 0 saturated carbocycles. The second-order valence-electron chi connectivity index (χ2n) is 6.50. The van der Waals surface area contributed by atoms with E-state index in [1.54, 1.807) is 27.9 Å². The molecule has 0 radical (unpaired) electrons. The van der Waals surface area contributed by atoms with Gasteiger partial charge in [-0.15, -0.1) is 0 Å². The van der Waals surface area contributed by atoms with Crippen LogP contribution in [0.2, 0.25) is 0 Å². The highest BCUT2D eigenvalue weighted by molar-refractivity contribution is 7.89. The largest absolute Gasteiger partial charge is 0.497 e. The molecule has 1 aliphatic heterocycles. The van der Waals surface area contributed by atoms with E-state index in [9.17, 15) is 13.2 Å². The van der Waals surface area contributed by atoms with Crippen LogP contribution in [0, 0.1) is 6.92 Å².